The third-order valence-corrected chi connectivity index (χ3v) is 8.81. The van der Waals surface area contributed by atoms with Gasteiger partial charge in [-0.2, -0.15) is 9.98 Å². The topological polar surface area (TPSA) is 129 Å². The van der Waals surface area contributed by atoms with Crippen molar-refractivity contribution in [2.24, 2.45) is 5.92 Å². The van der Waals surface area contributed by atoms with Crippen molar-refractivity contribution in [3.63, 3.8) is 0 Å². The van der Waals surface area contributed by atoms with Crippen molar-refractivity contribution in [2.75, 3.05) is 13.7 Å². The Labute approximate surface area is 244 Å². The first kappa shape index (κ1) is 28.8. The molecule has 0 radical (unpaired) electrons. The largest absolute Gasteiger partial charge is 0.497 e. The SMILES string of the molecule is COc1ccc2ccc(S(=O)(=O)NC(C(=O)NCc3ccccc3)[C@@H]3CCN(Cc4cccc(C#N)c4)C3=O)cc2c1. The summed E-state index contributed by atoms with van der Waals surface area (Å²) in [6.07, 6.45) is 0.289. The highest BCUT2D eigenvalue weighted by Crippen LogP contribution is 2.27. The maximum absolute atomic E-state index is 13.6. The molecule has 2 amide bonds. The molecule has 1 unspecified atom stereocenters. The number of nitriles is 1. The number of carbonyl (C=O) groups excluding carboxylic acids is 2. The van der Waals surface area contributed by atoms with E-state index < -0.39 is 27.9 Å². The number of ether oxygens (including phenoxy) is 1. The van der Waals surface area contributed by atoms with Crippen LogP contribution in [0.15, 0.2) is 95.9 Å². The zero-order chi connectivity index (χ0) is 29.7. The first-order valence-electron chi connectivity index (χ1n) is 13.5. The monoisotopic (exact) mass is 582 g/mol. The number of hydrogen-bond donors (Lipinski definition) is 2. The van der Waals surface area contributed by atoms with E-state index >= 15 is 0 Å². The minimum Gasteiger partial charge on any atom is -0.497 e. The van der Waals surface area contributed by atoms with E-state index in [4.69, 9.17) is 4.74 Å². The number of nitrogens with one attached hydrogen (secondary N) is 2. The van der Waals surface area contributed by atoms with Crippen LogP contribution in [0, 0.1) is 17.2 Å². The normalized spacial score (nSPS) is 15.8. The van der Waals surface area contributed by atoms with Crippen LogP contribution in [0.25, 0.3) is 10.8 Å². The Kier molecular flexibility index (Phi) is 8.52. The molecule has 0 bridgehead atoms. The second kappa shape index (κ2) is 12.4. The van der Waals surface area contributed by atoms with Crippen molar-refractivity contribution in [1.82, 2.24) is 14.9 Å². The lowest BCUT2D eigenvalue weighted by Gasteiger charge is -2.24. The Morgan fingerprint density at radius 2 is 1.76 bits per heavy atom. The van der Waals surface area contributed by atoms with Crippen molar-refractivity contribution in [1.29, 1.82) is 5.26 Å². The molecule has 42 heavy (non-hydrogen) atoms. The van der Waals surface area contributed by atoms with Gasteiger partial charge in [-0.15, -0.1) is 0 Å². The highest BCUT2D eigenvalue weighted by molar-refractivity contribution is 7.89. The van der Waals surface area contributed by atoms with E-state index in [1.165, 1.54) is 19.2 Å². The molecular weight excluding hydrogens is 552 g/mol. The van der Waals surface area contributed by atoms with Crippen LogP contribution in [-0.4, -0.2) is 44.8 Å². The van der Waals surface area contributed by atoms with E-state index in [9.17, 15) is 23.3 Å². The highest BCUT2D eigenvalue weighted by Gasteiger charge is 2.42. The Hall–Kier alpha value is -4.72. The number of likely N-dealkylation sites (tertiary alicyclic amines) is 1. The van der Waals surface area contributed by atoms with Gasteiger partial charge in [-0.3, -0.25) is 9.59 Å². The number of hydrogen-bond acceptors (Lipinski definition) is 6. The third-order valence-electron chi connectivity index (χ3n) is 7.37. The van der Waals surface area contributed by atoms with E-state index in [1.807, 2.05) is 42.5 Å². The fraction of sp³-hybridized carbons (Fsp3) is 0.219. The Bertz CT molecular complexity index is 1770. The molecule has 4 aromatic rings. The number of methoxy groups -OCH3 is 1. The van der Waals surface area contributed by atoms with Crippen molar-refractivity contribution in [2.45, 2.75) is 30.4 Å². The maximum Gasteiger partial charge on any atom is 0.241 e. The summed E-state index contributed by atoms with van der Waals surface area (Å²) in [4.78, 5) is 28.7. The van der Waals surface area contributed by atoms with Gasteiger partial charge in [0.2, 0.25) is 21.8 Å². The van der Waals surface area contributed by atoms with Crippen LogP contribution < -0.4 is 14.8 Å². The lowest BCUT2D eigenvalue weighted by molar-refractivity contribution is -0.135. The van der Waals surface area contributed by atoms with Crippen LogP contribution in [0.1, 0.15) is 23.1 Å². The lowest BCUT2D eigenvalue weighted by atomic mass is 9.98. The van der Waals surface area contributed by atoms with Crippen molar-refractivity contribution in [3.05, 3.63) is 108 Å². The highest BCUT2D eigenvalue weighted by atomic mass is 32.2. The van der Waals surface area contributed by atoms with Crippen LogP contribution in [0.3, 0.4) is 0 Å². The molecule has 2 atom stereocenters. The number of sulfonamides is 1. The van der Waals surface area contributed by atoms with E-state index in [2.05, 4.69) is 16.1 Å². The summed E-state index contributed by atoms with van der Waals surface area (Å²) in [7, 11) is -2.67. The van der Waals surface area contributed by atoms with E-state index in [-0.39, 0.29) is 30.3 Å². The van der Waals surface area contributed by atoms with Crippen molar-refractivity contribution >= 4 is 32.6 Å². The number of fused-ring (bicyclic) bond motifs is 1. The van der Waals surface area contributed by atoms with Gasteiger partial charge >= 0.3 is 0 Å². The smallest absolute Gasteiger partial charge is 0.241 e. The Morgan fingerprint density at radius 1 is 1.00 bits per heavy atom. The quantitative estimate of drug-likeness (QED) is 0.293. The van der Waals surface area contributed by atoms with Crippen LogP contribution in [-0.2, 0) is 32.7 Å². The summed E-state index contributed by atoms with van der Waals surface area (Å²) in [5, 5.41) is 13.5. The molecule has 214 valence electrons. The van der Waals surface area contributed by atoms with E-state index in [0.717, 1.165) is 16.5 Å². The standard InChI is InChI=1S/C32H30N4O5S/c1-41-27-12-10-25-11-13-28(18-26(25)17-27)42(39,40)35-30(31(37)34-20-22-6-3-2-4-7-22)29-14-15-36(32(29)38)21-24-9-5-8-23(16-24)19-33/h2-13,16-18,29-30,35H,14-15,20-21H2,1H3,(H,34,37)/t29-,30?/m0/s1. The molecule has 1 aliphatic heterocycles. The number of carbonyl (C=O) groups is 2. The minimum atomic E-state index is -4.20. The first-order valence-corrected chi connectivity index (χ1v) is 15.0. The molecule has 10 heteroatoms. The average molecular weight is 583 g/mol. The molecule has 4 aromatic carbocycles. The average Bonchev–Trinajstić information content (AvgIpc) is 3.37. The summed E-state index contributed by atoms with van der Waals surface area (Å²) in [6, 6.07) is 27.0. The van der Waals surface area contributed by atoms with Crippen LogP contribution >= 0.6 is 0 Å². The van der Waals surface area contributed by atoms with Gasteiger partial charge in [0.1, 0.15) is 11.8 Å². The lowest BCUT2D eigenvalue weighted by Crippen LogP contribution is -2.52. The zero-order valence-corrected chi connectivity index (χ0v) is 23.8. The molecule has 2 N–H and O–H groups in total. The molecule has 1 saturated heterocycles. The fourth-order valence-electron chi connectivity index (χ4n) is 5.13. The molecule has 0 aromatic heterocycles. The van der Waals surface area contributed by atoms with Gasteiger partial charge in [-0.05, 0) is 64.7 Å². The fourth-order valence-corrected chi connectivity index (χ4v) is 6.41. The van der Waals surface area contributed by atoms with Gasteiger partial charge < -0.3 is 15.0 Å². The molecule has 5 rings (SSSR count). The van der Waals surface area contributed by atoms with Gasteiger partial charge in [0.15, 0.2) is 0 Å². The molecule has 0 spiro atoms. The zero-order valence-electron chi connectivity index (χ0n) is 23.0. The minimum absolute atomic E-state index is 0.0280. The Balaban J connectivity index is 1.41. The molecule has 1 fully saturated rings. The first-order chi connectivity index (χ1) is 20.3. The van der Waals surface area contributed by atoms with Gasteiger partial charge in [0, 0.05) is 19.6 Å². The number of rotatable bonds is 10. The second-order valence-corrected chi connectivity index (χ2v) is 11.9. The van der Waals surface area contributed by atoms with Crippen LogP contribution in [0.4, 0.5) is 0 Å². The van der Waals surface area contributed by atoms with Crippen LogP contribution in [0.2, 0.25) is 0 Å². The molecule has 1 heterocycles. The van der Waals surface area contributed by atoms with E-state index in [1.54, 1.807) is 41.3 Å². The number of amides is 2. The maximum atomic E-state index is 13.6. The molecule has 9 nitrogen and oxygen atoms in total. The molecule has 1 aliphatic rings. The molecular formula is C32H30N4O5S. The van der Waals surface area contributed by atoms with E-state index in [0.29, 0.717) is 23.2 Å². The molecule has 0 saturated carbocycles. The summed E-state index contributed by atoms with van der Waals surface area (Å²) in [5.74, 6) is -1.24. The summed E-state index contributed by atoms with van der Waals surface area (Å²) >= 11 is 0. The number of benzene rings is 4. The predicted octanol–water partition coefficient (Wildman–Crippen LogP) is 3.73. The van der Waals surface area contributed by atoms with Crippen molar-refractivity contribution < 1.29 is 22.7 Å². The van der Waals surface area contributed by atoms with Gasteiger partial charge in [-0.25, -0.2) is 8.42 Å². The summed E-state index contributed by atoms with van der Waals surface area (Å²) in [6.45, 7) is 0.780. The summed E-state index contributed by atoms with van der Waals surface area (Å²) in [5.41, 5.74) is 2.10. The van der Waals surface area contributed by atoms with Crippen molar-refractivity contribution in [3.8, 4) is 11.8 Å². The van der Waals surface area contributed by atoms with Gasteiger partial charge in [0.05, 0.1) is 29.6 Å². The van der Waals surface area contributed by atoms with Gasteiger partial charge in [0.25, 0.3) is 0 Å². The van der Waals surface area contributed by atoms with Crippen LogP contribution in [0.5, 0.6) is 5.75 Å². The second-order valence-electron chi connectivity index (χ2n) is 10.1. The Morgan fingerprint density at radius 3 is 2.52 bits per heavy atom. The van der Waals surface area contributed by atoms with Gasteiger partial charge in [-0.1, -0.05) is 54.6 Å². The third kappa shape index (κ3) is 6.43. The summed E-state index contributed by atoms with van der Waals surface area (Å²) < 4.78 is 35.1. The number of nitrogens with zero attached hydrogens (tertiary/aromatic N) is 2. The predicted molar refractivity (Wildman–Crippen MR) is 158 cm³/mol. The molecule has 0 aliphatic carbocycles.